The van der Waals surface area contributed by atoms with E-state index in [2.05, 4.69) is 10.1 Å². The molecule has 8 nitrogen and oxygen atoms in total. The number of sulfonamides is 1. The van der Waals surface area contributed by atoms with Gasteiger partial charge in [-0.1, -0.05) is 35.9 Å². The molecule has 0 radical (unpaired) electrons. The van der Waals surface area contributed by atoms with Gasteiger partial charge in [0.05, 0.1) is 24.7 Å². The number of aryl methyl sites for hydroxylation is 1. The molecule has 32 heavy (non-hydrogen) atoms. The van der Waals surface area contributed by atoms with Gasteiger partial charge in [-0.05, 0) is 48.9 Å². The minimum Gasteiger partial charge on any atom is -0.493 e. The molecule has 1 atom stereocenters. The van der Waals surface area contributed by atoms with Gasteiger partial charge in [0.1, 0.15) is 6.17 Å². The summed E-state index contributed by atoms with van der Waals surface area (Å²) in [4.78, 5) is 15.9. The Morgan fingerprint density at radius 3 is 2.31 bits per heavy atom. The number of hydrazine groups is 1. The highest BCUT2D eigenvalue weighted by Gasteiger charge is 2.36. The molecule has 4 rings (SSSR count). The second kappa shape index (κ2) is 8.52. The second-order valence-electron chi connectivity index (χ2n) is 7.29. The van der Waals surface area contributed by atoms with Crippen LogP contribution in [0.25, 0.3) is 0 Å². The van der Waals surface area contributed by atoms with Crippen LogP contribution in [0.5, 0.6) is 11.5 Å². The molecule has 3 aromatic carbocycles. The molecule has 1 heterocycles. The molecule has 3 aromatic rings. The van der Waals surface area contributed by atoms with Gasteiger partial charge in [0, 0.05) is 5.69 Å². The summed E-state index contributed by atoms with van der Waals surface area (Å²) in [6.07, 6.45) is -0.822. The Kier molecular flexibility index (Phi) is 5.77. The normalized spacial score (nSPS) is 15.7. The van der Waals surface area contributed by atoms with Gasteiger partial charge >= 0.3 is 0 Å². The lowest BCUT2D eigenvalue weighted by molar-refractivity contribution is 0.0632. The maximum atomic E-state index is 13.3. The number of benzene rings is 3. The highest BCUT2D eigenvalue weighted by Crippen LogP contribution is 2.36. The van der Waals surface area contributed by atoms with Gasteiger partial charge in [-0.2, -0.15) is 0 Å². The molecular weight excluding hydrogens is 430 g/mol. The van der Waals surface area contributed by atoms with Gasteiger partial charge in [0.25, 0.3) is 15.9 Å². The maximum Gasteiger partial charge on any atom is 0.273 e. The molecule has 0 spiro atoms. The molecule has 166 valence electrons. The zero-order chi connectivity index (χ0) is 22.9. The molecule has 1 aliphatic heterocycles. The van der Waals surface area contributed by atoms with Crippen molar-refractivity contribution in [2.75, 3.05) is 19.5 Å². The topological polar surface area (TPSA) is 97.0 Å². The zero-order valence-electron chi connectivity index (χ0n) is 17.8. The lowest BCUT2D eigenvalue weighted by Gasteiger charge is -2.37. The van der Waals surface area contributed by atoms with Gasteiger partial charge in [-0.3, -0.25) is 4.79 Å². The fraction of sp³-hybridized carbons (Fsp3) is 0.174. The Labute approximate surface area is 186 Å². The van der Waals surface area contributed by atoms with E-state index in [1.165, 1.54) is 26.4 Å². The third kappa shape index (κ3) is 4.00. The van der Waals surface area contributed by atoms with Gasteiger partial charge < -0.3 is 14.8 Å². The maximum absolute atomic E-state index is 13.3. The highest BCUT2D eigenvalue weighted by atomic mass is 32.2. The molecule has 0 bridgehead atoms. The first kappa shape index (κ1) is 21.7. The van der Waals surface area contributed by atoms with Crippen LogP contribution in [0, 0.1) is 6.92 Å². The van der Waals surface area contributed by atoms with Crippen molar-refractivity contribution in [2.24, 2.45) is 0 Å². The van der Waals surface area contributed by atoms with Crippen LogP contribution < -0.4 is 19.6 Å². The van der Waals surface area contributed by atoms with Gasteiger partial charge in [0.15, 0.2) is 11.5 Å². The molecule has 2 N–H and O–H groups in total. The van der Waals surface area contributed by atoms with Crippen molar-refractivity contribution in [2.45, 2.75) is 18.0 Å². The van der Waals surface area contributed by atoms with E-state index in [1.807, 2.05) is 6.92 Å². The van der Waals surface area contributed by atoms with E-state index in [1.54, 1.807) is 54.6 Å². The van der Waals surface area contributed by atoms with Crippen molar-refractivity contribution in [3.05, 3.63) is 83.4 Å². The minimum absolute atomic E-state index is 0.0563. The first-order chi connectivity index (χ1) is 15.3. The zero-order valence-corrected chi connectivity index (χ0v) is 18.6. The molecule has 1 aliphatic rings. The van der Waals surface area contributed by atoms with Crippen LogP contribution in [-0.2, 0) is 10.0 Å². The molecule has 1 amide bonds. The van der Waals surface area contributed by atoms with E-state index in [0.717, 1.165) is 10.6 Å². The number of para-hydroxylation sites is 1. The minimum atomic E-state index is -4.02. The predicted octanol–water partition coefficient (Wildman–Crippen LogP) is 3.47. The van der Waals surface area contributed by atoms with Crippen molar-refractivity contribution >= 4 is 21.6 Å². The highest BCUT2D eigenvalue weighted by molar-refractivity contribution is 7.89. The van der Waals surface area contributed by atoms with Crippen LogP contribution in [0.15, 0.2) is 71.6 Å². The SMILES string of the molecule is COc1ccc([C@H]2Nc3ccccc3C(=O)N2NS(=O)(=O)c2ccc(C)cc2)cc1OC. The summed E-state index contributed by atoms with van der Waals surface area (Å²) in [6.45, 7) is 1.87. The second-order valence-corrected chi connectivity index (χ2v) is 8.95. The van der Waals surface area contributed by atoms with E-state index in [-0.39, 0.29) is 4.90 Å². The van der Waals surface area contributed by atoms with Crippen LogP contribution in [-0.4, -0.2) is 33.6 Å². The first-order valence-corrected chi connectivity index (χ1v) is 11.3. The van der Waals surface area contributed by atoms with Crippen molar-refractivity contribution in [1.29, 1.82) is 0 Å². The van der Waals surface area contributed by atoms with Crippen LogP contribution >= 0.6 is 0 Å². The molecule has 0 aliphatic carbocycles. The number of carbonyl (C=O) groups is 1. The van der Waals surface area contributed by atoms with Crippen LogP contribution in [0.1, 0.15) is 27.7 Å². The van der Waals surface area contributed by atoms with E-state index < -0.39 is 22.1 Å². The van der Waals surface area contributed by atoms with Gasteiger partial charge in [-0.15, -0.1) is 4.83 Å². The van der Waals surface area contributed by atoms with Gasteiger partial charge in [-0.25, -0.2) is 13.4 Å². The summed E-state index contributed by atoms with van der Waals surface area (Å²) in [5.74, 6) is 0.500. The largest absolute Gasteiger partial charge is 0.493 e. The lowest BCUT2D eigenvalue weighted by Crippen LogP contribution is -2.52. The van der Waals surface area contributed by atoms with Gasteiger partial charge in [0.2, 0.25) is 0 Å². The van der Waals surface area contributed by atoms with Crippen molar-refractivity contribution in [3.63, 3.8) is 0 Å². The summed E-state index contributed by atoms with van der Waals surface area (Å²) in [5, 5.41) is 4.33. The van der Waals surface area contributed by atoms with Crippen LogP contribution in [0.3, 0.4) is 0 Å². The fourth-order valence-electron chi connectivity index (χ4n) is 3.50. The number of anilines is 1. The lowest BCUT2D eigenvalue weighted by atomic mass is 10.0. The summed E-state index contributed by atoms with van der Waals surface area (Å²) in [7, 11) is -0.988. The number of nitrogens with zero attached hydrogens (tertiary/aromatic N) is 1. The monoisotopic (exact) mass is 453 g/mol. The molecule has 9 heteroatoms. The third-order valence-corrected chi connectivity index (χ3v) is 6.53. The Morgan fingerprint density at radius 2 is 1.62 bits per heavy atom. The quantitative estimate of drug-likeness (QED) is 0.593. The average Bonchev–Trinajstić information content (AvgIpc) is 2.80. The summed E-state index contributed by atoms with van der Waals surface area (Å²) in [5.41, 5.74) is 2.49. The average molecular weight is 454 g/mol. The third-order valence-electron chi connectivity index (χ3n) is 5.20. The number of hydrogen-bond donors (Lipinski definition) is 2. The number of hydrogen-bond acceptors (Lipinski definition) is 6. The van der Waals surface area contributed by atoms with Crippen molar-refractivity contribution < 1.29 is 22.7 Å². The molecule has 0 aromatic heterocycles. The number of rotatable bonds is 6. The molecule has 0 saturated carbocycles. The summed E-state index contributed by atoms with van der Waals surface area (Å²) >= 11 is 0. The van der Waals surface area contributed by atoms with Crippen LogP contribution in [0.2, 0.25) is 0 Å². The first-order valence-electron chi connectivity index (χ1n) is 9.84. The number of methoxy groups -OCH3 is 2. The standard InChI is InChI=1S/C23H23N3O5S/c1-15-8-11-17(12-9-15)32(28,29)25-26-22(16-10-13-20(30-2)21(14-16)31-3)24-19-7-5-4-6-18(19)23(26)27/h4-14,22,24-25H,1-3H3/t22-/m0/s1. The summed E-state index contributed by atoms with van der Waals surface area (Å²) < 4.78 is 36.9. The van der Waals surface area contributed by atoms with E-state index >= 15 is 0 Å². The molecule has 0 saturated heterocycles. The molecule has 0 fully saturated rings. The number of carbonyl (C=O) groups excluding carboxylic acids is 1. The molecular formula is C23H23N3O5S. The van der Waals surface area contributed by atoms with Crippen LogP contribution in [0.4, 0.5) is 5.69 Å². The fourth-order valence-corrected chi connectivity index (χ4v) is 4.55. The van der Waals surface area contributed by atoms with E-state index in [4.69, 9.17) is 9.47 Å². The van der Waals surface area contributed by atoms with E-state index in [9.17, 15) is 13.2 Å². The number of ether oxygens (including phenoxy) is 2. The summed E-state index contributed by atoms with van der Waals surface area (Å²) in [6, 6.07) is 18.5. The number of fused-ring (bicyclic) bond motifs is 1. The number of nitrogens with one attached hydrogen (secondary N) is 2. The Bertz CT molecular complexity index is 1260. The molecule has 0 unspecified atom stereocenters. The van der Waals surface area contributed by atoms with E-state index in [0.29, 0.717) is 28.3 Å². The van der Waals surface area contributed by atoms with Crippen molar-refractivity contribution in [3.8, 4) is 11.5 Å². The predicted molar refractivity (Wildman–Crippen MR) is 120 cm³/mol. The van der Waals surface area contributed by atoms with Crippen molar-refractivity contribution in [1.82, 2.24) is 9.84 Å². The Morgan fingerprint density at radius 1 is 0.938 bits per heavy atom. The smallest absolute Gasteiger partial charge is 0.273 e. The number of amides is 1. The Balaban J connectivity index is 1.78. The Hall–Kier alpha value is -3.56.